The molecule has 0 aliphatic carbocycles. The third-order valence-corrected chi connectivity index (χ3v) is 2.96. The number of ether oxygens (including phenoxy) is 1. The van der Waals surface area contributed by atoms with Crippen molar-refractivity contribution in [2.24, 2.45) is 0 Å². The van der Waals surface area contributed by atoms with E-state index in [4.69, 9.17) is 4.74 Å². The van der Waals surface area contributed by atoms with Gasteiger partial charge in [-0.15, -0.1) is 28.3 Å². The molecule has 0 unspecified atom stereocenters. The average Bonchev–Trinajstić information content (AvgIpc) is 2.65. The van der Waals surface area contributed by atoms with Crippen molar-refractivity contribution in [2.75, 3.05) is 7.11 Å². The maximum Gasteiger partial charge on any atom is 0.118 e. The first-order valence-electron chi connectivity index (χ1n) is 4.36. The monoisotopic (exact) mass is 285 g/mol. The van der Waals surface area contributed by atoms with Crippen LogP contribution in [0.25, 0.3) is 10.4 Å². The maximum absolute atomic E-state index is 5.10. The number of hydrogen-bond acceptors (Lipinski definition) is 3. The van der Waals surface area contributed by atoms with Crippen LogP contribution in [-0.2, 0) is 0 Å². The molecule has 0 N–H and O–H groups in total. The van der Waals surface area contributed by atoms with Crippen LogP contribution in [-0.4, -0.2) is 12.1 Å². The third kappa shape index (κ3) is 2.79. The number of aromatic nitrogens is 1. The van der Waals surface area contributed by atoms with Gasteiger partial charge in [0.2, 0.25) is 0 Å². The van der Waals surface area contributed by atoms with E-state index in [0.29, 0.717) is 0 Å². The van der Waals surface area contributed by atoms with Gasteiger partial charge in [0.15, 0.2) is 0 Å². The average molecular weight is 286 g/mol. The Morgan fingerprint density at radius 2 is 1.87 bits per heavy atom. The Morgan fingerprint density at radius 1 is 1.20 bits per heavy atom. The van der Waals surface area contributed by atoms with Gasteiger partial charge in [-0.25, -0.2) is 4.98 Å². The molecule has 4 heteroatoms. The fraction of sp³-hybridized carbons (Fsp3) is 0.182. The Balaban J connectivity index is 0.00000112. The zero-order valence-electron chi connectivity index (χ0n) is 8.56. The summed E-state index contributed by atoms with van der Waals surface area (Å²) in [5.74, 6) is 0.884. The second-order valence-corrected chi connectivity index (χ2v) is 4.21. The van der Waals surface area contributed by atoms with Crippen LogP contribution in [0.5, 0.6) is 5.75 Å². The summed E-state index contributed by atoms with van der Waals surface area (Å²) in [5, 5.41) is 1.09. The quantitative estimate of drug-likeness (QED) is 0.839. The Morgan fingerprint density at radius 3 is 2.33 bits per heavy atom. The summed E-state index contributed by atoms with van der Waals surface area (Å²) in [5.41, 5.74) is 1.19. The highest BCUT2D eigenvalue weighted by molar-refractivity contribution is 8.93. The minimum absolute atomic E-state index is 0. The van der Waals surface area contributed by atoms with Crippen molar-refractivity contribution in [3.05, 3.63) is 35.5 Å². The molecule has 0 bridgehead atoms. The van der Waals surface area contributed by atoms with Crippen LogP contribution in [0.1, 0.15) is 5.01 Å². The van der Waals surface area contributed by atoms with Crippen LogP contribution < -0.4 is 4.74 Å². The lowest BCUT2D eigenvalue weighted by Crippen LogP contribution is -1.81. The summed E-state index contributed by atoms with van der Waals surface area (Å²) in [7, 11) is 1.67. The van der Waals surface area contributed by atoms with Crippen molar-refractivity contribution >= 4 is 28.3 Å². The van der Waals surface area contributed by atoms with Gasteiger partial charge >= 0.3 is 0 Å². The predicted molar refractivity (Wildman–Crippen MR) is 69.2 cm³/mol. The Bertz CT molecular complexity index is 424. The molecule has 1 aromatic carbocycles. The molecule has 0 atom stereocenters. The highest BCUT2D eigenvalue weighted by Crippen LogP contribution is 2.26. The second kappa shape index (κ2) is 5.28. The van der Waals surface area contributed by atoms with E-state index in [-0.39, 0.29) is 17.0 Å². The molecule has 80 valence electrons. The molecule has 0 fully saturated rings. The van der Waals surface area contributed by atoms with Gasteiger partial charge in [0, 0.05) is 6.20 Å². The van der Waals surface area contributed by atoms with Crippen molar-refractivity contribution in [3.8, 4) is 16.2 Å². The van der Waals surface area contributed by atoms with E-state index in [1.165, 1.54) is 10.4 Å². The van der Waals surface area contributed by atoms with E-state index in [1.54, 1.807) is 18.4 Å². The summed E-state index contributed by atoms with van der Waals surface area (Å²) in [6.45, 7) is 2.01. The molecule has 0 saturated heterocycles. The van der Waals surface area contributed by atoms with Crippen LogP contribution in [0.3, 0.4) is 0 Å². The number of halogens is 1. The first-order valence-corrected chi connectivity index (χ1v) is 5.18. The lowest BCUT2D eigenvalue weighted by Gasteiger charge is -2.00. The van der Waals surface area contributed by atoms with Gasteiger partial charge in [0.1, 0.15) is 5.75 Å². The summed E-state index contributed by atoms with van der Waals surface area (Å²) < 4.78 is 5.10. The standard InChI is InChI=1S/C11H11NOS.BrH/c1-8-12-7-11(14-8)9-3-5-10(13-2)6-4-9;/h3-7H,1-2H3;1H. The smallest absolute Gasteiger partial charge is 0.118 e. The number of rotatable bonds is 2. The van der Waals surface area contributed by atoms with Gasteiger partial charge in [-0.05, 0) is 36.8 Å². The number of nitrogens with zero attached hydrogens (tertiary/aromatic N) is 1. The molecule has 0 aliphatic rings. The molecule has 15 heavy (non-hydrogen) atoms. The fourth-order valence-electron chi connectivity index (χ4n) is 1.25. The first-order chi connectivity index (χ1) is 6.79. The molecule has 2 rings (SSSR count). The largest absolute Gasteiger partial charge is 0.497 e. The van der Waals surface area contributed by atoms with E-state index in [1.807, 2.05) is 37.4 Å². The molecule has 0 aliphatic heterocycles. The number of thiazole rings is 1. The predicted octanol–water partition coefficient (Wildman–Crippen LogP) is 3.71. The Kier molecular flexibility index (Phi) is 4.29. The van der Waals surface area contributed by atoms with Crippen LogP contribution in [0.2, 0.25) is 0 Å². The number of methoxy groups -OCH3 is 1. The van der Waals surface area contributed by atoms with Crippen LogP contribution in [0.4, 0.5) is 0 Å². The molecule has 2 aromatic rings. The van der Waals surface area contributed by atoms with Gasteiger partial charge in [-0.3, -0.25) is 0 Å². The van der Waals surface area contributed by atoms with E-state index in [9.17, 15) is 0 Å². The van der Waals surface area contributed by atoms with Gasteiger partial charge in [-0.1, -0.05) is 0 Å². The third-order valence-electron chi connectivity index (χ3n) is 2.00. The van der Waals surface area contributed by atoms with Crippen LogP contribution in [0, 0.1) is 6.92 Å². The maximum atomic E-state index is 5.10. The van der Waals surface area contributed by atoms with Crippen molar-refractivity contribution in [2.45, 2.75) is 6.92 Å². The lowest BCUT2D eigenvalue weighted by atomic mass is 10.2. The zero-order chi connectivity index (χ0) is 9.97. The molecule has 2 nitrogen and oxygen atoms in total. The van der Waals surface area contributed by atoms with E-state index < -0.39 is 0 Å². The van der Waals surface area contributed by atoms with Crippen LogP contribution >= 0.6 is 28.3 Å². The molecular formula is C11H12BrNOS. The van der Waals surface area contributed by atoms with Crippen molar-refractivity contribution in [3.63, 3.8) is 0 Å². The number of benzene rings is 1. The molecule has 1 aromatic heterocycles. The van der Waals surface area contributed by atoms with Crippen molar-refractivity contribution < 1.29 is 4.74 Å². The Labute approximate surface area is 104 Å². The van der Waals surface area contributed by atoms with Gasteiger partial charge in [0.05, 0.1) is 17.0 Å². The van der Waals surface area contributed by atoms with E-state index in [2.05, 4.69) is 4.98 Å². The molecule has 0 amide bonds. The highest BCUT2D eigenvalue weighted by atomic mass is 79.9. The van der Waals surface area contributed by atoms with Crippen molar-refractivity contribution in [1.29, 1.82) is 0 Å². The molecule has 0 spiro atoms. The molecule has 1 heterocycles. The second-order valence-electron chi connectivity index (χ2n) is 2.97. The summed E-state index contributed by atoms with van der Waals surface area (Å²) in [6.07, 6.45) is 1.90. The normalized spacial score (nSPS) is 9.47. The summed E-state index contributed by atoms with van der Waals surface area (Å²) in [4.78, 5) is 5.42. The summed E-state index contributed by atoms with van der Waals surface area (Å²) in [6, 6.07) is 8.02. The van der Waals surface area contributed by atoms with E-state index in [0.717, 1.165) is 10.8 Å². The Hall–Kier alpha value is -0.870. The van der Waals surface area contributed by atoms with Gasteiger partial charge in [-0.2, -0.15) is 0 Å². The van der Waals surface area contributed by atoms with Crippen LogP contribution in [0.15, 0.2) is 30.5 Å². The lowest BCUT2D eigenvalue weighted by molar-refractivity contribution is 0.415. The molecular weight excluding hydrogens is 274 g/mol. The minimum Gasteiger partial charge on any atom is -0.497 e. The SMILES string of the molecule is Br.COc1ccc(-c2cnc(C)s2)cc1. The number of hydrogen-bond donors (Lipinski definition) is 0. The van der Waals surface area contributed by atoms with Gasteiger partial charge < -0.3 is 4.74 Å². The van der Waals surface area contributed by atoms with E-state index >= 15 is 0 Å². The summed E-state index contributed by atoms with van der Waals surface area (Å²) >= 11 is 1.70. The molecule has 0 saturated carbocycles. The number of aryl methyl sites for hydroxylation is 1. The molecule has 0 radical (unpaired) electrons. The highest BCUT2D eigenvalue weighted by Gasteiger charge is 2.01. The topological polar surface area (TPSA) is 22.1 Å². The first kappa shape index (κ1) is 12.2. The zero-order valence-corrected chi connectivity index (χ0v) is 11.1. The minimum atomic E-state index is 0. The fourth-order valence-corrected chi connectivity index (χ4v) is 2.03. The van der Waals surface area contributed by atoms with Gasteiger partial charge in [0.25, 0.3) is 0 Å². The van der Waals surface area contributed by atoms with Crippen molar-refractivity contribution in [1.82, 2.24) is 4.98 Å².